The molecular formula is C26H25N5O6S. The van der Waals surface area contributed by atoms with Gasteiger partial charge in [0.15, 0.2) is 0 Å². The Balaban J connectivity index is 1.41. The number of benzene rings is 2. The van der Waals surface area contributed by atoms with Crippen molar-refractivity contribution in [1.29, 1.82) is 0 Å². The molecule has 4 atom stereocenters. The number of para-hydroxylation sites is 1. The Morgan fingerprint density at radius 1 is 1.13 bits per heavy atom. The maximum absolute atomic E-state index is 13.5. The highest BCUT2D eigenvalue weighted by Gasteiger charge is 2.64. The summed E-state index contributed by atoms with van der Waals surface area (Å²) in [7, 11) is 0. The molecule has 3 amide bonds. The van der Waals surface area contributed by atoms with Crippen molar-refractivity contribution in [2.45, 2.75) is 42.1 Å². The van der Waals surface area contributed by atoms with E-state index in [4.69, 9.17) is 5.73 Å². The maximum Gasteiger partial charge on any atom is 0.327 e. The van der Waals surface area contributed by atoms with E-state index >= 15 is 0 Å². The second-order valence-corrected chi connectivity index (χ2v) is 11.5. The Kier molecular flexibility index (Phi) is 6.14. The number of carbonyl (C=O) groups is 4. The van der Waals surface area contributed by atoms with Crippen molar-refractivity contribution in [3.63, 3.8) is 0 Å². The average molecular weight is 536 g/mol. The highest BCUT2D eigenvalue weighted by atomic mass is 32.2. The number of carboxylic acid groups (broad SMARTS) is 1. The topological polar surface area (TPSA) is 175 Å². The van der Waals surface area contributed by atoms with Gasteiger partial charge in [0.25, 0.3) is 5.91 Å². The number of nitrogen functional groups attached to an aromatic ring is 1. The molecule has 0 bridgehead atoms. The lowest BCUT2D eigenvalue weighted by Crippen LogP contribution is -2.71. The van der Waals surface area contributed by atoms with Crippen molar-refractivity contribution >= 4 is 52.0 Å². The minimum Gasteiger partial charge on any atom is -0.508 e. The number of anilines is 1. The molecule has 2 saturated heterocycles. The number of amides is 3. The average Bonchev–Trinajstić information content (AvgIpc) is 3.14. The van der Waals surface area contributed by atoms with Gasteiger partial charge in [-0.3, -0.25) is 19.4 Å². The van der Waals surface area contributed by atoms with Crippen molar-refractivity contribution in [3.05, 3.63) is 65.9 Å². The summed E-state index contributed by atoms with van der Waals surface area (Å²) in [5.74, 6) is -2.98. The van der Waals surface area contributed by atoms with E-state index in [-0.39, 0.29) is 17.0 Å². The summed E-state index contributed by atoms with van der Waals surface area (Å²) in [6.07, 6.45) is 1.33. The quantitative estimate of drug-likeness (QED) is 0.294. The fraction of sp³-hybridized carbons (Fsp3) is 0.269. The lowest BCUT2D eigenvalue weighted by molar-refractivity contribution is -0.161. The molecule has 2 aliphatic heterocycles. The summed E-state index contributed by atoms with van der Waals surface area (Å²) in [4.78, 5) is 57.0. The van der Waals surface area contributed by atoms with Crippen LogP contribution in [0.1, 0.15) is 35.8 Å². The van der Waals surface area contributed by atoms with Crippen LogP contribution in [-0.2, 0) is 14.4 Å². The molecule has 3 heterocycles. The highest BCUT2D eigenvalue weighted by Crippen LogP contribution is 2.50. The van der Waals surface area contributed by atoms with Crippen LogP contribution in [0.3, 0.4) is 0 Å². The number of phenols is 1. The molecule has 0 radical (unpaired) electrons. The molecular weight excluding hydrogens is 510 g/mol. The molecule has 0 saturated carbocycles. The van der Waals surface area contributed by atoms with E-state index < -0.39 is 51.9 Å². The van der Waals surface area contributed by atoms with Crippen molar-refractivity contribution in [2.24, 2.45) is 0 Å². The largest absolute Gasteiger partial charge is 0.508 e. The smallest absolute Gasteiger partial charge is 0.327 e. The monoisotopic (exact) mass is 535 g/mol. The van der Waals surface area contributed by atoms with Gasteiger partial charge < -0.3 is 31.5 Å². The summed E-state index contributed by atoms with van der Waals surface area (Å²) >= 11 is 1.30. The number of hydrogen-bond acceptors (Lipinski definition) is 8. The van der Waals surface area contributed by atoms with E-state index in [2.05, 4.69) is 15.6 Å². The van der Waals surface area contributed by atoms with Gasteiger partial charge in [-0.2, -0.15) is 0 Å². The molecule has 2 aliphatic rings. The standard InChI is InChI=1S/C26H25N5O6S/c1-26(2)20(25(36)37)31-23(35)19(24(31)38-26)30-22(34)18(12-7-9-13(32)10-8-12)29-21(33)15-11-28-16-6-4-3-5-14(16)17(15)27/h3-11,18-20,24,32H,1-2H3,(H2,27,28)(H,29,33)(H,30,34)(H,36,37)/t18?,19?,20-,24+/m0/s1. The Bertz CT molecular complexity index is 1480. The van der Waals surface area contributed by atoms with Crippen LogP contribution in [0.4, 0.5) is 5.69 Å². The predicted octanol–water partition coefficient (Wildman–Crippen LogP) is 1.63. The molecule has 38 heavy (non-hydrogen) atoms. The number of nitrogens with two attached hydrogens (primary N) is 1. The van der Waals surface area contributed by atoms with Crippen molar-refractivity contribution < 1.29 is 29.4 Å². The van der Waals surface area contributed by atoms with E-state index in [1.54, 1.807) is 38.1 Å². The first kappa shape index (κ1) is 25.3. The van der Waals surface area contributed by atoms with Gasteiger partial charge in [0.2, 0.25) is 11.8 Å². The Hall–Kier alpha value is -4.32. The van der Waals surface area contributed by atoms with Crippen molar-refractivity contribution in [2.75, 3.05) is 5.73 Å². The molecule has 2 aromatic carbocycles. The minimum atomic E-state index is -1.24. The lowest BCUT2D eigenvalue weighted by Gasteiger charge is -2.44. The molecule has 5 rings (SSSR count). The van der Waals surface area contributed by atoms with E-state index in [0.717, 1.165) is 0 Å². The van der Waals surface area contributed by atoms with Gasteiger partial charge in [-0.1, -0.05) is 30.3 Å². The van der Waals surface area contributed by atoms with E-state index in [0.29, 0.717) is 16.5 Å². The Morgan fingerprint density at radius 2 is 1.82 bits per heavy atom. The summed E-state index contributed by atoms with van der Waals surface area (Å²) in [6, 6.07) is 9.53. The van der Waals surface area contributed by atoms with Crippen molar-refractivity contribution in [1.82, 2.24) is 20.5 Å². The van der Waals surface area contributed by atoms with Crippen LogP contribution in [0, 0.1) is 0 Å². The van der Waals surface area contributed by atoms with Gasteiger partial charge in [0.05, 0.1) is 16.8 Å². The maximum atomic E-state index is 13.5. The number of aliphatic carboxylic acids is 1. The first-order chi connectivity index (χ1) is 18.0. The predicted molar refractivity (Wildman–Crippen MR) is 140 cm³/mol. The number of hydrogen-bond donors (Lipinski definition) is 5. The Morgan fingerprint density at radius 3 is 2.50 bits per heavy atom. The van der Waals surface area contributed by atoms with Crippen LogP contribution in [0.25, 0.3) is 10.9 Å². The van der Waals surface area contributed by atoms with Gasteiger partial charge in [-0.15, -0.1) is 11.8 Å². The number of pyridine rings is 1. The normalized spacial score (nSPS) is 22.3. The number of β-lactam (4-membered cyclic amide) rings is 1. The minimum absolute atomic E-state index is 0.0312. The van der Waals surface area contributed by atoms with Gasteiger partial charge in [0.1, 0.15) is 29.2 Å². The first-order valence-electron chi connectivity index (χ1n) is 11.8. The zero-order valence-corrected chi connectivity index (χ0v) is 21.2. The number of nitrogens with one attached hydrogen (secondary N) is 2. The van der Waals surface area contributed by atoms with Gasteiger partial charge >= 0.3 is 5.97 Å². The van der Waals surface area contributed by atoms with Gasteiger partial charge in [-0.25, -0.2) is 4.79 Å². The Labute approximate surface area is 221 Å². The van der Waals surface area contributed by atoms with Crippen LogP contribution in [0.15, 0.2) is 54.7 Å². The van der Waals surface area contributed by atoms with Crippen LogP contribution >= 0.6 is 11.8 Å². The number of aromatic hydroxyl groups is 1. The molecule has 2 unspecified atom stereocenters. The molecule has 12 heteroatoms. The SMILES string of the molecule is CC1(C)S[C@@H]2C(NC(=O)C(NC(=O)c3cnc4ccccc4c3N)c3ccc(O)cc3)C(=O)N2[C@H]1C(=O)O. The number of thioether (sulfide) groups is 1. The number of carbonyl (C=O) groups excluding carboxylic acids is 3. The van der Waals surface area contributed by atoms with Gasteiger partial charge in [-0.05, 0) is 37.6 Å². The van der Waals surface area contributed by atoms with Crippen LogP contribution < -0.4 is 16.4 Å². The second kappa shape index (κ2) is 9.21. The van der Waals surface area contributed by atoms with Crippen molar-refractivity contribution in [3.8, 4) is 5.75 Å². The third-order valence-corrected chi connectivity index (χ3v) is 8.37. The van der Waals surface area contributed by atoms with E-state index in [1.165, 1.54) is 47.1 Å². The van der Waals surface area contributed by atoms with Gasteiger partial charge in [0, 0.05) is 16.3 Å². The lowest BCUT2D eigenvalue weighted by atomic mass is 9.95. The molecule has 196 valence electrons. The fourth-order valence-corrected chi connectivity index (χ4v) is 6.53. The number of nitrogens with zero attached hydrogens (tertiary/aromatic N) is 2. The van der Waals surface area contributed by atoms with Crippen LogP contribution in [-0.4, -0.2) is 66.0 Å². The number of rotatable bonds is 6. The molecule has 0 aliphatic carbocycles. The molecule has 0 spiro atoms. The highest BCUT2D eigenvalue weighted by molar-refractivity contribution is 8.01. The number of carboxylic acids is 1. The van der Waals surface area contributed by atoms with E-state index in [9.17, 15) is 29.4 Å². The number of aromatic nitrogens is 1. The summed E-state index contributed by atoms with van der Waals surface area (Å²) in [6.45, 7) is 3.48. The molecule has 6 N–H and O–H groups in total. The molecule has 2 fully saturated rings. The first-order valence-corrected chi connectivity index (χ1v) is 12.6. The summed E-state index contributed by atoms with van der Waals surface area (Å²) < 4.78 is -0.753. The molecule has 3 aromatic rings. The van der Waals surface area contributed by atoms with E-state index in [1.807, 2.05) is 0 Å². The fourth-order valence-electron chi connectivity index (χ4n) is 4.90. The third kappa shape index (κ3) is 4.16. The zero-order chi connectivity index (χ0) is 27.4. The second-order valence-electron chi connectivity index (χ2n) is 9.69. The zero-order valence-electron chi connectivity index (χ0n) is 20.4. The summed E-state index contributed by atoms with van der Waals surface area (Å²) in [5, 5.41) is 24.7. The summed E-state index contributed by atoms with van der Waals surface area (Å²) in [5.41, 5.74) is 7.48. The molecule has 11 nitrogen and oxygen atoms in total. The number of fused-ring (bicyclic) bond motifs is 2. The third-order valence-electron chi connectivity index (χ3n) is 6.80. The number of phenolic OH excluding ortho intramolecular Hbond substituents is 1. The molecule has 1 aromatic heterocycles. The van der Waals surface area contributed by atoms with Crippen LogP contribution in [0.5, 0.6) is 5.75 Å². The van der Waals surface area contributed by atoms with Crippen LogP contribution in [0.2, 0.25) is 0 Å².